The highest BCUT2D eigenvalue weighted by Gasteiger charge is 2.11. The fourth-order valence-electron chi connectivity index (χ4n) is 2.67. The molecule has 1 aromatic carbocycles. The molecule has 1 aliphatic rings. The van der Waals surface area contributed by atoms with Crippen LogP contribution >= 0.6 is 0 Å². The van der Waals surface area contributed by atoms with Crippen molar-refractivity contribution in [3.8, 4) is 17.0 Å². The van der Waals surface area contributed by atoms with Gasteiger partial charge in [-0.15, -0.1) is 0 Å². The third-order valence-electron chi connectivity index (χ3n) is 3.86. The predicted molar refractivity (Wildman–Crippen MR) is 82.9 cm³/mol. The number of hydrogen-bond donors (Lipinski definition) is 1. The summed E-state index contributed by atoms with van der Waals surface area (Å²) in [5, 5.41) is 12.9. The topological polar surface area (TPSA) is 65.0 Å². The molecule has 0 saturated heterocycles. The van der Waals surface area contributed by atoms with Crippen LogP contribution in [0, 0.1) is 0 Å². The number of nitrogens with zero attached hydrogens (tertiary/aromatic N) is 3. The summed E-state index contributed by atoms with van der Waals surface area (Å²) < 4.78 is 13.4. The Morgan fingerprint density at radius 1 is 1.14 bits per heavy atom. The first kappa shape index (κ1) is 13.3. The van der Waals surface area contributed by atoms with Gasteiger partial charge in [-0.05, 0) is 31.0 Å². The molecule has 6 nitrogen and oxygen atoms in total. The molecule has 4 bridgehead atoms. The lowest BCUT2D eigenvalue weighted by atomic mass is 10.1. The zero-order chi connectivity index (χ0) is 14.8. The number of aromatic amines is 1. The van der Waals surface area contributed by atoms with E-state index in [1.165, 1.54) is 0 Å². The van der Waals surface area contributed by atoms with Crippen LogP contribution in [0.3, 0.4) is 0 Å². The quantitative estimate of drug-likeness (QED) is 0.693. The number of hydrogen-bond acceptors (Lipinski definition) is 4. The summed E-state index contributed by atoms with van der Waals surface area (Å²) in [6.07, 6.45) is 5.84. The van der Waals surface area contributed by atoms with Crippen molar-refractivity contribution in [2.45, 2.75) is 19.4 Å². The fraction of sp³-hybridized carbons (Fsp3) is 0.375. The first-order valence-electron chi connectivity index (χ1n) is 7.62. The van der Waals surface area contributed by atoms with Gasteiger partial charge in [-0.25, -0.2) is 0 Å². The molecular formula is C16H18N4O2. The first-order chi connectivity index (χ1) is 10.9. The van der Waals surface area contributed by atoms with Gasteiger partial charge in [0.25, 0.3) is 0 Å². The Morgan fingerprint density at radius 2 is 2.09 bits per heavy atom. The molecule has 1 aliphatic heterocycles. The number of ether oxygens (including phenoxy) is 2. The van der Waals surface area contributed by atoms with Crippen molar-refractivity contribution in [1.82, 2.24) is 20.0 Å². The average Bonchev–Trinajstić information content (AvgIpc) is 3.15. The molecule has 0 aliphatic carbocycles. The molecule has 0 atom stereocenters. The van der Waals surface area contributed by atoms with Crippen molar-refractivity contribution in [1.29, 1.82) is 0 Å². The molecule has 6 heteroatoms. The van der Waals surface area contributed by atoms with Gasteiger partial charge >= 0.3 is 0 Å². The van der Waals surface area contributed by atoms with Gasteiger partial charge in [-0.2, -0.15) is 10.2 Å². The van der Waals surface area contributed by atoms with E-state index < -0.39 is 0 Å². The van der Waals surface area contributed by atoms with Crippen LogP contribution in [0.4, 0.5) is 0 Å². The average molecular weight is 298 g/mol. The summed E-state index contributed by atoms with van der Waals surface area (Å²) in [6, 6.07) is 6.02. The Labute approximate surface area is 128 Å². The summed E-state index contributed by atoms with van der Waals surface area (Å²) >= 11 is 0. The summed E-state index contributed by atoms with van der Waals surface area (Å²) in [5.74, 6) is 0.873. The molecule has 0 spiro atoms. The molecule has 0 saturated carbocycles. The van der Waals surface area contributed by atoms with Crippen LogP contribution in [0.1, 0.15) is 12.8 Å². The molecule has 0 fully saturated rings. The Hall–Kier alpha value is -2.34. The van der Waals surface area contributed by atoms with E-state index in [1.807, 2.05) is 35.3 Å². The van der Waals surface area contributed by atoms with E-state index in [1.54, 1.807) is 0 Å². The van der Waals surface area contributed by atoms with E-state index in [2.05, 4.69) is 15.3 Å². The number of fused-ring (bicyclic) bond motifs is 4. The zero-order valence-electron chi connectivity index (χ0n) is 12.3. The number of rotatable bonds is 0. The molecule has 2 aromatic heterocycles. The Balaban J connectivity index is 1.75. The Bertz CT molecular complexity index is 777. The molecular weight excluding hydrogens is 280 g/mol. The van der Waals surface area contributed by atoms with Crippen molar-refractivity contribution in [3.05, 3.63) is 30.6 Å². The van der Waals surface area contributed by atoms with E-state index in [0.29, 0.717) is 13.2 Å². The minimum Gasteiger partial charge on any atom is -0.494 e. The van der Waals surface area contributed by atoms with Gasteiger partial charge in [0.05, 0.1) is 31.5 Å². The Morgan fingerprint density at radius 3 is 3.09 bits per heavy atom. The highest BCUT2D eigenvalue weighted by molar-refractivity contribution is 5.93. The number of aromatic nitrogens is 4. The van der Waals surface area contributed by atoms with Gasteiger partial charge in [-0.3, -0.25) is 9.78 Å². The maximum Gasteiger partial charge on any atom is 0.120 e. The smallest absolute Gasteiger partial charge is 0.120 e. The van der Waals surface area contributed by atoms with Gasteiger partial charge in [0.15, 0.2) is 0 Å². The summed E-state index contributed by atoms with van der Waals surface area (Å²) in [7, 11) is 0. The molecule has 114 valence electrons. The van der Waals surface area contributed by atoms with E-state index in [-0.39, 0.29) is 0 Å². The van der Waals surface area contributed by atoms with Crippen molar-refractivity contribution in [2.75, 3.05) is 19.8 Å². The SMILES string of the molecule is c1cc2[nH]nc3c2cc1OCCCCOCCn1cc-3cn1. The van der Waals surface area contributed by atoms with Gasteiger partial charge < -0.3 is 9.47 Å². The summed E-state index contributed by atoms with van der Waals surface area (Å²) in [6.45, 7) is 2.90. The lowest BCUT2D eigenvalue weighted by Crippen LogP contribution is -2.07. The zero-order valence-corrected chi connectivity index (χ0v) is 12.3. The van der Waals surface area contributed by atoms with Gasteiger partial charge in [-0.1, -0.05) is 0 Å². The third-order valence-corrected chi connectivity index (χ3v) is 3.86. The molecule has 0 amide bonds. The van der Waals surface area contributed by atoms with Gasteiger partial charge in [0, 0.05) is 23.8 Å². The highest BCUT2D eigenvalue weighted by Crippen LogP contribution is 2.29. The summed E-state index contributed by atoms with van der Waals surface area (Å²) in [5.41, 5.74) is 2.91. The molecule has 4 rings (SSSR count). The van der Waals surface area contributed by atoms with E-state index in [0.717, 1.165) is 53.9 Å². The van der Waals surface area contributed by atoms with Crippen molar-refractivity contribution in [3.63, 3.8) is 0 Å². The summed E-state index contributed by atoms with van der Waals surface area (Å²) in [4.78, 5) is 0. The van der Waals surface area contributed by atoms with Crippen LogP contribution in [0.2, 0.25) is 0 Å². The largest absolute Gasteiger partial charge is 0.494 e. The van der Waals surface area contributed by atoms with Gasteiger partial charge in [0.2, 0.25) is 0 Å². The third kappa shape index (κ3) is 2.57. The second kappa shape index (κ2) is 5.81. The van der Waals surface area contributed by atoms with Crippen LogP contribution in [0.15, 0.2) is 30.6 Å². The molecule has 0 unspecified atom stereocenters. The molecule has 3 aromatic rings. The molecule has 22 heavy (non-hydrogen) atoms. The van der Waals surface area contributed by atoms with Crippen molar-refractivity contribution < 1.29 is 9.47 Å². The monoisotopic (exact) mass is 298 g/mol. The molecule has 3 heterocycles. The molecule has 1 N–H and O–H groups in total. The second-order valence-electron chi connectivity index (χ2n) is 5.44. The normalized spacial score (nSPS) is 16.2. The minimum absolute atomic E-state index is 0.672. The van der Waals surface area contributed by atoms with E-state index >= 15 is 0 Å². The van der Waals surface area contributed by atoms with Crippen LogP contribution in [0.25, 0.3) is 22.2 Å². The van der Waals surface area contributed by atoms with Crippen LogP contribution in [-0.2, 0) is 11.3 Å². The standard InChI is InChI=1S/C16H18N4O2/c1-2-7-22-13-3-4-15-14(9-13)16(19-18-15)12-10-17-20(11-12)5-8-21-6-1/h3-4,9-11H,1-2,5-8H2,(H,18,19). The van der Waals surface area contributed by atoms with Crippen molar-refractivity contribution in [2.24, 2.45) is 0 Å². The van der Waals surface area contributed by atoms with Crippen LogP contribution < -0.4 is 4.74 Å². The van der Waals surface area contributed by atoms with E-state index in [9.17, 15) is 0 Å². The van der Waals surface area contributed by atoms with Crippen LogP contribution in [0.5, 0.6) is 5.75 Å². The maximum absolute atomic E-state index is 5.83. The lowest BCUT2D eigenvalue weighted by molar-refractivity contribution is 0.117. The highest BCUT2D eigenvalue weighted by atomic mass is 16.5. The first-order valence-corrected chi connectivity index (χ1v) is 7.62. The van der Waals surface area contributed by atoms with Gasteiger partial charge in [0.1, 0.15) is 11.4 Å². The molecule has 0 radical (unpaired) electrons. The number of nitrogens with one attached hydrogen (secondary N) is 1. The maximum atomic E-state index is 5.83. The van der Waals surface area contributed by atoms with Crippen molar-refractivity contribution >= 4 is 10.9 Å². The number of H-pyrrole nitrogens is 1. The Kier molecular flexibility index (Phi) is 3.52. The van der Waals surface area contributed by atoms with E-state index in [4.69, 9.17) is 9.47 Å². The second-order valence-corrected chi connectivity index (χ2v) is 5.44. The van der Waals surface area contributed by atoms with Crippen LogP contribution in [-0.4, -0.2) is 39.8 Å². The minimum atomic E-state index is 0.672. The fourth-order valence-corrected chi connectivity index (χ4v) is 2.67. The lowest BCUT2D eigenvalue weighted by Gasteiger charge is -2.07. The predicted octanol–water partition coefficient (Wildman–Crippen LogP) is 2.62. The number of benzene rings is 1.